The molecule has 13 rings (SSSR count). The van der Waals surface area contributed by atoms with E-state index in [-0.39, 0.29) is 16.2 Å². The van der Waals surface area contributed by atoms with Crippen LogP contribution in [-0.4, -0.2) is 0 Å². The SMILES string of the molecule is CC1(C)c2ccc(-c3ccc4c(c3)c3cccc5c3c3c(cccc43)C5(C)C)cc2-c2cc(-c3ccc4c(c3)c3cccc5c3c3c(cccc43)C5(C)C)ccc21. The van der Waals surface area contributed by atoms with Gasteiger partial charge in [0, 0.05) is 16.2 Å². The van der Waals surface area contributed by atoms with Crippen LogP contribution in [0.25, 0.3) is 98.0 Å². The molecule has 270 valence electrons. The summed E-state index contributed by atoms with van der Waals surface area (Å²) in [6.07, 6.45) is 0. The van der Waals surface area contributed by atoms with Gasteiger partial charge < -0.3 is 0 Å². The van der Waals surface area contributed by atoms with Crippen molar-refractivity contribution >= 4 is 64.6 Å². The fourth-order valence-corrected chi connectivity index (χ4v) is 12.0. The second-order valence-electron chi connectivity index (χ2n) is 18.8. The third-order valence-electron chi connectivity index (χ3n) is 15.0. The molecule has 0 fully saturated rings. The van der Waals surface area contributed by atoms with Crippen LogP contribution in [0.2, 0.25) is 0 Å². The van der Waals surface area contributed by atoms with Crippen molar-refractivity contribution in [3.8, 4) is 33.4 Å². The smallest absolute Gasteiger partial charge is 0.0159 e. The lowest BCUT2D eigenvalue weighted by Crippen LogP contribution is -2.14. The molecule has 0 radical (unpaired) electrons. The molecule has 0 heteroatoms. The summed E-state index contributed by atoms with van der Waals surface area (Å²) in [6, 6.07) is 56.6. The maximum atomic E-state index is 2.47. The minimum Gasteiger partial charge on any atom is -0.0613 e. The molecule has 0 aromatic heterocycles. The average molecular weight is 727 g/mol. The summed E-state index contributed by atoms with van der Waals surface area (Å²) in [6.45, 7) is 14.3. The molecule has 57 heavy (non-hydrogen) atoms. The van der Waals surface area contributed by atoms with Gasteiger partial charge >= 0.3 is 0 Å². The molecular formula is C57H42. The molecule has 10 aromatic rings. The molecule has 0 amide bonds. The standard InChI is InChI=1S/C57H42/c1-55(2)45-25-21-33(31-19-23-35-37-11-7-15-47-51(37)53-39(41(35)27-31)13-9-17-49(53)56(47,3)4)29-43(45)44-30-34(22-26-46(44)55)32-20-24-36-38-12-8-16-48-52(38)54-40(42(36)28-32)14-10-18-50(54)57(48,5)6/h7-30H,1-6H3. The number of fused-ring (bicyclic) bond motifs is 9. The summed E-state index contributed by atoms with van der Waals surface area (Å²) in [5.41, 5.74) is 16.3. The van der Waals surface area contributed by atoms with Crippen molar-refractivity contribution in [1.29, 1.82) is 0 Å². The van der Waals surface area contributed by atoms with Crippen LogP contribution in [0, 0.1) is 0 Å². The van der Waals surface area contributed by atoms with Gasteiger partial charge in [0.1, 0.15) is 0 Å². The largest absolute Gasteiger partial charge is 0.0613 e. The van der Waals surface area contributed by atoms with E-state index in [1.807, 2.05) is 0 Å². The Hall–Kier alpha value is -6.24. The van der Waals surface area contributed by atoms with Gasteiger partial charge in [0.15, 0.2) is 0 Å². The number of hydrogen-bond acceptors (Lipinski definition) is 0. The van der Waals surface area contributed by atoms with E-state index in [0.29, 0.717) is 0 Å². The van der Waals surface area contributed by atoms with Gasteiger partial charge in [0.25, 0.3) is 0 Å². The van der Waals surface area contributed by atoms with Crippen LogP contribution >= 0.6 is 0 Å². The van der Waals surface area contributed by atoms with Crippen molar-refractivity contribution in [1.82, 2.24) is 0 Å². The van der Waals surface area contributed by atoms with E-state index in [4.69, 9.17) is 0 Å². The average Bonchev–Trinajstić information content (AvgIpc) is 3.72. The zero-order valence-electron chi connectivity index (χ0n) is 33.4. The summed E-state index contributed by atoms with van der Waals surface area (Å²) in [5, 5.41) is 16.6. The second kappa shape index (κ2) is 10.2. The topological polar surface area (TPSA) is 0 Å². The Labute approximate surface area is 333 Å². The number of rotatable bonds is 2. The van der Waals surface area contributed by atoms with Crippen molar-refractivity contribution in [3.05, 3.63) is 179 Å². The molecule has 0 saturated heterocycles. The Morgan fingerprint density at radius 2 is 0.544 bits per heavy atom. The van der Waals surface area contributed by atoms with E-state index in [1.165, 1.54) is 131 Å². The van der Waals surface area contributed by atoms with E-state index >= 15 is 0 Å². The quantitative estimate of drug-likeness (QED) is 0.156. The number of benzene rings is 10. The van der Waals surface area contributed by atoms with Crippen molar-refractivity contribution in [2.45, 2.75) is 57.8 Å². The van der Waals surface area contributed by atoms with Crippen LogP contribution in [0.4, 0.5) is 0 Å². The first-order valence-electron chi connectivity index (χ1n) is 20.7. The zero-order chi connectivity index (χ0) is 38.3. The lowest BCUT2D eigenvalue weighted by atomic mass is 9.81. The fourth-order valence-electron chi connectivity index (χ4n) is 12.0. The molecular weight excluding hydrogens is 685 g/mol. The molecule has 0 aliphatic heterocycles. The molecule has 0 N–H and O–H groups in total. The minimum absolute atomic E-state index is 0.00600. The predicted octanol–water partition coefficient (Wildman–Crippen LogP) is 15.5. The molecule has 0 bridgehead atoms. The maximum absolute atomic E-state index is 2.47. The first kappa shape index (κ1) is 31.9. The van der Waals surface area contributed by atoms with Gasteiger partial charge in [-0.05, 0) is 156 Å². The lowest BCUT2D eigenvalue weighted by molar-refractivity contribution is 0.660. The van der Waals surface area contributed by atoms with Gasteiger partial charge in [-0.1, -0.05) is 163 Å². The van der Waals surface area contributed by atoms with Crippen molar-refractivity contribution in [2.24, 2.45) is 0 Å². The first-order valence-corrected chi connectivity index (χ1v) is 20.7. The van der Waals surface area contributed by atoms with Gasteiger partial charge in [-0.15, -0.1) is 0 Å². The molecule has 0 atom stereocenters. The molecule has 0 heterocycles. The Bertz CT molecular complexity index is 3300. The predicted molar refractivity (Wildman–Crippen MR) is 244 cm³/mol. The molecule has 0 spiro atoms. The van der Waals surface area contributed by atoms with Crippen molar-refractivity contribution < 1.29 is 0 Å². The van der Waals surface area contributed by atoms with Gasteiger partial charge in [-0.3, -0.25) is 0 Å². The van der Waals surface area contributed by atoms with E-state index in [0.717, 1.165) is 0 Å². The van der Waals surface area contributed by atoms with Crippen molar-refractivity contribution in [2.75, 3.05) is 0 Å². The molecule has 10 aromatic carbocycles. The lowest BCUT2D eigenvalue weighted by Gasteiger charge is -2.21. The minimum atomic E-state index is -0.0783. The van der Waals surface area contributed by atoms with E-state index in [1.54, 1.807) is 0 Å². The normalized spacial score (nSPS) is 16.3. The van der Waals surface area contributed by atoms with Crippen LogP contribution in [0.15, 0.2) is 146 Å². The highest BCUT2D eigenvalue weighted by Gasteiger charge is 2.38. The van der Waals surface area contributed by atoms with Crippen molar-refractivity contribution in [3.63, 3.8) is 0 Å². The molecule has 3 aliphatic rings. The summed E-state index contributed by atoms with van der Waals surface area (Å²) >= 11 is 0. The van der Waals surface area contributed by atoms with Crippen LogP contribution in [-0.2, 0) is 16.2 Å². The third-order valence-corrected chi connectivity index (χ3v) is 15.0. The molecule has 0 nitrogen and oxygen atoms in total. The maximum Gasteiger partial charge on any atom is 0.0159 e. The van der Waals surface area contributed by atoms with E-state index < -0.39 is 0 Å². The zero-order valence-corrected chi connectivity index (χ0v) is 33.4. The monoisotopic (exact) mass is 726 g/mol. The Kier molecular flexibility index (Phi) is 5.70. The van der Waals surface area contributed by atoms with Crippen LogP contribution in [0.1, 0.15) is 74.9 Å². The van der Waals surface area contributed by atoms with Gasteiger partial charge in [0.2, 0.25) is 0 Å². The second-order valence-corrected chi connectivity index (χ2v) is 18.8. The Morgan fingerprint density at radius 1 is 0.246 bits per heavy atom. The highest BCUT2D eigenvalue weighted by Crippen LogP contribution is 2.55. The third kappa shape index (κ3) is 3.76. The summed E-state index contributed by atoms with van der Waals surface area (Å²) in [7, 11) is 0. The first-order chi connectivity index (χ1) is 27.5. The van der Waals surface area contributed by atoms with Gasteiger partial charge in [0.05, 0.1) is 0 Å². The van der Waals surface area contributed by atoms with Gasteiger partial charge in [-0.25, -0.2) is 0 Å². The summed E-state index contributed by atoms with van der Waals surface area (Å²) in [4.78, 5) is 0. The Balaban J connectivity index is 0.979. The molecule has 0 unspecified atom stereocenters. The van der Waals surface area contributed by atoms with Crippen LogP contribution < -0.4 is 0 Å². The van der Waals surface area contributed by atoms with E-state index in [9.17, 15) is 0 Å². The van der Waals surface area contributed by atoms with Gasteiger partial charge in [-0.2, -0.15) is 0 Å². The summed E-state index contributed by atoms with van der Waals surface area (Å²) < 4.78 is 0. The molecule has 0 saturated carbocycles. The van der Waals surface area contributed by atoms with Crippen LogP contribution in [0.3, 0.4) is 0 Å². The van der Waals surface area contributed by atoms with Crippen LogP contribution in [0.5, 0.6) is 0 Å². The highest BCUT2D eigenvalue weighted by atomic mass is 14.4. The Morgan fingerprint density at radius 3 is 0.912 bits per heavy atom. The fraction of sp³-hybridized carbons (Fsp3) is 0.158. The summed E-state index contributed by atoms with van der Waals surface area (Å²) in [5.74, 6) is 0. The van der Waals surface area contributed by atoms with E-state index in [2.05, 4.69) is 187 Å². The highest BCUT2D eigenvalue weighted by molar-refractivity contribution is 6.30. The molecule has 3 aliphatic carbocycles. The number of hydrogen-bond donors (Lipinski definition) is 0.